The molecule has 0 saturated heterocycles. The van der Waals surface area contributed by atoms with Gasteiger partial charge in [0.1, 0.15) is 11.7 Å². The Balaban J connectivity index is 1.83. The Kier molecular flexibility index (Phi) is 5.04. The molecule has 1 atom stereocenters. The van der Waals surface area contributed by atoms with Crippen molar-refractivity contribution in [2.24, 2.45) is 11.3 Å². The molecule has 0 amide bonds. The van der Waals surface area contributed by atoms with Crippen LogP contribution in [0.2, 0.25) is 0 Å². The second-order valence-electron chi connectivity index (χ2n) is 10.6. The molecule has 0 spiro atoms. The smallest absolute Gasteiger partial charge is 0.159 e. The zero-order valence-corrected chi connectivity index (χ0v) is 20.8. The van der Waals surface area contributed by atoms with Gasteiger partial charge in [-0.15, -0.1) is 0 Å². The van der Waals surface area contributed by atoms with Crippen molar-refractivity contribution in [2.75, 3.05) is 9.80 Å². The van der Waals surface area contributed by atoms with Crippen LogP contribution in [0.1, 0.15) is 47.1 Å². The Bertz CT molecular complexity index is 1350. The first-order valence-corrected chi connectivity index (χ1v) is 11.9. The van der Waals surface area contributed by atoms with Crippen LogP contribution in [-0.2, 0) is 0 Å². The molecular weight excluding hydrogens is 404 g/mol. The van der Waals surface area contributed by atoms with Crippen molar-refractivity contribution in [1.82, 2.24) is 0 Å². The lowest BCUT2D eigenvalue weighted by molar-refractivity contribution is 0.320. The Hall–Kier alpha value is -3.20. The van der Waals surface area contributed by atoms with Gasteiger partial charge in [0.05, 0.1) is 5.69 Å². The van der Waals surface area contributed by atoms with Crippen molar-refractivity contribution in [3.05, 3.63) is 83.7 Å². The first kappa shape index (κ1) is 21.6. The number of para-hydroxylation sites is 2. The number of benzene rings is 3. The summed E-state index contributed by atoms with van der Waals surface area (Å²) in [6.07, 6.45) is 0.120. The van der Waals surface area contributed by atoms with E-state index in [0.29, 0.717) is 5.92 Å². The summed E-state index contributed by atoms with van der Waals surface area (Å²) in [5.74, 6) is 0.384. The number of anilines is 2. The summed E-state index contributed by atoms with van der Waals surface area (Å²) in [5.41, 5.74) is 8.20. The Morgan fingerprint density at radius 3 is 2.12 bits per heavy atom. The third kappa shape index (κ3) is 3.33. The van der Waals surface area contributed by atoms with Crippen LogP contribution in [0.25, 0.3) is 21.9 Å². The molecule has 1 unspecified atom stereocenters. The fourth-order valence-corrected chi connectivity index (χ4v) is 5.53. The SMILES string of the molecule is CC1=C(C(C)C)N(c2ccccc2)C(C(C)(C)C)N1c1c(C)ccc2c1oc1ccccc12. The molecule has 5 rings (SSSR count). The highest BCUT2D eigenvalue weighted by Gasteiger charge is 2.46. The predicted molar refractivity (Wildman–Crippen MR) is 141 cm³/mol. The van der Waals surface area contributed by atoms with Gasteiger partial charge in [0.25, 0.3) is 0 Å². The Morgan fingerprint density at radius 2 is 1.45 bits per heavy atom. The summed E-state index contributed by atoms with van der Waals surface area (Å²) in [6, 6.07) is 23.6. The van der Waals surface area contributed by atoms with E-state index in [-0.39, 0.29) is 11.6 Å². The lowest BCUT2D eigenvalue weighted by atomic mass is 9.89. The third-order valence-electron chi connectivity index (χ3n) is 6.80. The van der Waals surface area contributed by atoms with Crippen molar-refractivity contribution >= 4 is 33.3 Å². The highest BCUT2D eigenvalue weighted by atomic mass is 16.3. The van der Waals surface area contributed by atoms with Crippen LogP contribution < -0.4 is 9.80 Å². The maximum atomic E-state index is 6.54. The number of hydrogen-bond donors (Lipinski definition) is 0. The summed E-state index contributed by atoms with van der Waals surface area (Å²) in [5, 5.41) is 2.35. The average Bonchev–Trinajstić information content (AvgIpc) is 3.29. The standard InChI is InChI=1S/C30H34N2O/c1-19(2)26-21(4)31(29(30(5,6)7)32(26)22-13-9-8-10-14-22)27-20(3)17-18-24-23-15-11-12-16-25(23)33-28(24)27/h8-19,29H,1-7H3. The van der Waals surface area contributed by atoms with E-state index in [4.69, 9.17) is 4.42 Å². The minimum Gasteiger partial charge on any atom is -0.454 e. The number of furan rings is 1. The van der Waals surface area contributed by atoms with Gasteiger partial charge in [0.15, 0.2) is 5.58 Å². The molecule has 0 N–H and O–H groups in total. The van der Waals surface area contributed by atoms with Crippen LogP contribution >= 0.6 is 0 Å². The lowest BCUT2D eigenvalue weighted by Gasteiger charge is -2.43. The van der Waals surface area contributed by atoms with Crippen LogP contribution in [0.5, 0.6) is 0 Å². The van der Waals surface area contributed by atoms with Gasteiger partial charge in [-0.05, 0) is 43.5 Å². The zero-order chi connectivity index (χ0) is 23.5. The van der Waals surface area contributed by atoms with E-state index in [1.54, 1.807) is 0 Å². The number of allylic oxidation sites excluding steroid dienone is 2. The normalized spacial score (nSPS) is 17.3. The van der Waals surface area contributed by atoms with E-state index in [0.717, 1.165) is 11.2 Å². The second-order valence-corrected chi connectivity index (χ2v) is 10.6. The Morgan fingerprint density at radius 1 is 0.788 bits per heavy atom. The Labute approximate surface area is 197 Å². The van der Waals surface area contributed by atoms with E-state index in [2.05, 4.69) is 119 Å². The summed E-state index contributed by atoms with van der Waals surface area (Å²) < 4.78 is 6.54. The molecule has 1 aliphatic rings. The van der Waals surface area contributed by atoms with Gasteiger partial charge in [-0.25, -0.2) is 0 Å². The maximum absolute atomic E-state index is 6.54. The number of nitrogens with zero attached hydrogens (tertiary/aromatic N) is 2. The van der Waals surface area contributed by atoms with Gasteiger partial charge < -0.3 is 14.2 Å². The van der Waals surface area contributed by atoms with Gasteiger partial charge in [0, 0.05) is 33.3 Å². The summed E-state index contributed by atoms with van der Waals surface area (Å²) >= 11 is 0. The minimum atomic E-state index is -0.0195. The van der Waals surface area contributed by atoms with E-state index >= 15 is 0 Å². The average molecular weight is 439 g/mol. The van der Waals surface area contributed by atoms with Crippen LogP contribution in [0.3, 0.4) is 0 Å². The molecule has 2 heterocycles. The van der Waals surface area contributed by atoms with Crippen LogP contribution in [-0.4, -0.2) is 6.17 Å². The lowest BCUT2D eigenvalue weighted by Crippen LogP contribution is -2.50. The molecule has 4 aromatic rings. The molecular formula is C30H34N2O. The first-order chi connectivity index (χ1) is 15.7. The van der Waals surface area contributed by atoms with E-state index in [9.17, 15) is 0 Å². The van der Waals surface area contributed by atoms with Crippen molar-refractivity contribution in [3.63, 3.8) is 0 Å². The molecule has 1 aliphatic heterocycles. The number of fused-ring (bicyclic) bond motifs is 3. The van der Waals surface area contributed by atoms with Gasteiger partial charge in [-0.3, -0.25) is 0 Å². The largest absolute Gasteiger partial charge is 0.454 e. The highest BCUT2D eigenvalue weighted by Crippen LogP contribution is 2.49. The number of aryl methyl sites for hydroxylation is 1. The summed E-state index contributed by atoms with van der Waals surface area (Å²) in [6.45, 7) is 16.1. The highest BCUT2D eigenvalue weighted by molar-refractivity contribution is 6.10. The van der Waals surface area contributed by atoms with Crippen molar-refractivity contribution < 1.29 is 4.42 Å². The molecule has 0 aliphatic carbocycles. The molecule has 0 bridgehead atoms. The van der Waals surface area contributed by atoms with Gasteiger partial charge >= 0.3 is 0 Å². The molecule has 0 radical (unpaired) electrons. The van der Waals surface area contributed by atoms with Gasteiger partial charge in [-0.1, -0.05) is 83.1 Å². The third-order valence-corrected chi connectivity index (χ3v) is 6.80. The molecule has 3 nitrogen and oxygen atoms in total. The molecule has 0 fully saturated rings. The van der Waals surface area contributed by atoms with Crippen LogP contribution in [0, 0.1) is 18.3 Å². The van der Waals surface area contributed by atoms with Crippen molar-refractivity contribution in [3.8, 4) is 0 Å². The molecule has 170 valence electrons. The monoisotopic (exact) mass is 438 g/mol. The topological polar surface area (TPSA) is 19.6 Å². The number of hydrogen-bond acceptors (Lipinski definition) is 3. The minimum absolute atomic E-state index is 0.0195. The first-order valence-electron chi connectivity index (χ1n) is 11.9. The maximum Gasteiger partial charge on any atom is 0.159 e. The summed E-state index contributed by atoms with van der Waals surface area (Å²) in [4.78, 5) is 5.10. The van der Waals surface area contributed by atoms with Crippen molar-refractivity contribution in [1.29, 1.82) is 0 Å². The molecule has 33 heavy (non-hydrogen) atoms. The fraction of sp³-hybridized carbons (Fsp3) is 0.333. The molecule has 3 heteroatoms. The zero-order valence-electron chi connectivity index (χ0n) is 20.8. The van der Waals surface area contributed by atoms with E-state index < -0.39 is 0 Å². The molecule has 3 aromatic carbocycles. The predicted octanol–water partition coefficient (Wildman–Crippen LogP) is 8.48. The van der Waals surface area contributed by atoms with Crippen LogP contribution in [0.15, 0.2) is 82.5 Å². The van der Waals surface area contributed by atoms with Crippen molar-refractivity contribution in [2.45, 2.75) is 54.6 Å². The fourth-order valence-electron chi connectivity index (χ4n) is 5.53. The quantitative estimate of drug-likeness (QED) is 0.320. The van der Waals surface area contributed by atoms with Gasteiger partial charge in [0.2, 0.25) is 0 Å². The van der Waals surface area contributed by atoms with E-state index in [1.165, 1.54) is 39.1 Å². The molecule has 0 saturated carbocycles. The van der Waals surface area contributed by atoms with Crippen LogP contribution in [0.4, 0.5) is 11.4 Å². The number of rotatable bonds is 3. The molecule has 1 aromatic heterocycles. The second kappa shape index (κ2) is 7.69. The van der Waals surface area contributed by atoms with Gasteiger partial charge in [-0.2, -0.15) is 0 Å². The summed E-state index contributed by atoms with van der Waals surface area (Å²) in [7, 11) is 0. The van der Waals surface area contributed by atoms with E-state index in [1.807, 2.05) is 6.07 Å².